The van der Waals surface area contributed by atoms with Crippen molar-refractivity contribution < 1.29 is 9.53 Å². The number of rotatable bonds is 6. The van der Waals surface area contributed by atoms with Crippen molar-refractivity contribution in [1.82, 2.24) is 10.2 Å². The first-order valence-electron chi connectivity index (χ1n) is 7.52. The molecule has 2 aliphatic carbocycles. The number of carbonyl (C=O) groups is 1. The van der Waals surface area contributed by atoms with E-state index in [0.29, 0.717) is 18.2 Å². The average Bonchev–Trinajstić information content (AvgIpc) is 2.74. The first-order chi connectivity index (χ1) is 9.27. The van der Waals surface area contributed by atoms with Crippen LogP contribution in [0.15, 0.2) is 0 Å². The summed E-state index contributed by atoms with van der Waals surface area (Å²) in [6.45, 7) is 4.49. The number of carbonyl (C=O) groups excluding carboxylic acids is 1. The lowest BCUT2D eigenvalue weighted by molar-refractivity contribution is 0.0518. The Morgan fingerprint density at radius 3 is 3.00 bits per heavy atom. The Bertz CT molecular complexity index is 480. The highest BCUT2D eigenvalue weighted by atomic mass is 16.5. The summed E-state index contributed by atoms with van der Waals surface area (Å²) in [6.07, 6.45) is 6.28. The Labute approximate surface area is 113 Å². The molecule has 4 nitrogen and oxygen atoms in total. The normalized spacial score (nSPS) is 26.9. The van der Waals surface area contributed by atoms with Crippen LogP contribution in [0.1, 0.15) is 67.2 Å². The number of nitrogens with one attached hydrogen (secondary N) is 1. The minimum atomic E-state index is -0.250. The molecule has 4 heteroatoms. The van der Waals surface area contributed by atoms with E-state index in [-0.39, 0.29) is 5.97 Å². The summed E-state index contributed by atoms with van der Waals surface area (Å²) in [5, 5.41) is 7.26. The Morgan fingerprint density at radius 2 is 2.26 bits per heavy atom. The molecule has 0 amide bonds. The van der Waals surface area contributed by atoms with Crippen molar-refractivity contribution in [3.63, 3.8) is 0 Å². The monoisotopic (exact) mass is 262 g/mol. The van der Waals surface area contributed by atoms with Gasteiger partial charge in [-0.25, -0.2) is 4.79 Å². The number of aromatic amines is 1. The summed E-state index contributed by atoms with van der Waals surface area (Å²) in [6, 6.07) is 0. The molecular weight excluding hydrogens is 240 g/mol. The number of aromatic nitrogens is 2. The summed E-state index contributed by atoms with van der Waals surface area (Å²) in [5.41, 5.74) is 2.87. The van der Waals surface area contributed by atoms with Gasteiger partial charge in [-0.2, -0.15) is 5.10 Å². The third-order valence-corrected chi connectivity index (χ3v) is 4.61. The smallest absolute Gasteiger partial charge is 0.356 e. The average molecular weight is 262 g/mol. The topological polar surface area (TPSA) is 55.0 Å². The van der Waals surface area contributed by atoms with Crippen molar-refractivity contribution in [3.05, 3.63) is 17.0 Å². The van der Waals surface area contributed by atoms with Crippen LogP contribution in [0.2, 0.25) is 0 Å². The highest BCUT2D eigenvalue weighted by molar-refractivity contribution is 5.89. The van der Waals surface area contributed by atoms with Gasteiger partial charge >= 0.3 is 5.97 Å². The maximum atomic E-state index is 11.8. The van der Waals surface area contributed by atoms with E-state index in [1.807, 2.05) is 6.92 Å². The molecule has 1 N–H and O–H groups in total. The van der Waals surface area contributed by atoms with Crippen LogP contribution in [0.3, 0.4) is 0 Å². The zero-order chi connectivity index (χ0) is 13.4. The number of hydrogen-bond acceptors (Lipinski definition) is 3. The van der Waals surface area contributed by atoms with Crippen molar-refractivity contribution in [2.75, 3.05) is 6.61 Å². The number of esters is 1. The standard InChI is InChI=1S/C15H22N2O2/c1-3-5-6-7-9-10-8-11-13(12(9)10)16-17-14(11)15(18)19-4-2/h9-10,12H,3-8H2,1-2H3,(H,16,17)/t9-,10+,12-/m1/s1. The van der Waals surface area contributed by atoms with Crippen LogP contribution >= 0.6 is 0 Å². The van der Waals surface area contributed by atoms with E-state index in [1.165, 1.54) is 25.7 Å². The fourth-order valence-electron chi connectivity index (χ4n) is 3.62. The van der Waals surface area contributed by atoms with Crippen LogP contribution in [-0.2, 0) is 11.2 Å². The van der Waals surface area contributed by atoms with E-state index in [1.54, 1.807) is 0 Å². The molecule has 1 heterocycles. The maximum Gasteiger partial charge on any atom is 0.356 e. The summed E-state index contributed by atoms with van der Waals surface area (Å²) in [7, 11) is 0. The summed E-state index contributed by atoms with van der Waals surface area (Å²) in [5.74, 6) is 1.93. The third kappa shape index (κ3) is 2.07. The molecule has 0 unspecified atom stereocenters. The molecule has 1 fully saturated rings. The zero-order valence-electron chi connectivity index (χ0n) is 11.7. The molecule has 104 valence electrons. The summed E-state index contributed by atoms with van der Waals surface area (Å²) >= 11 is 0. The van der Waals surface area contributed by atoms with Gasteiger partial charge in [-0.05, 0) is 31.6 Å². The first kappa shape index (κ1) is 12.7. The van der Waals surface area contributed by atoms with Gasteiger partial charge < -0.3 is 4.74 Å². The molecule has 3 rings (SSSR count). The molecule has 3 atom stereocenters. The second-order valence-electron chi connectivity index (χ2n) is 5.74. The van der Waals surface area contributed by atoms with E-state index >= 15 is 0 Å². The van der Waals surface area contributed by atoms with E-state index in [4.69, 9.17) is 4.74 Å². The van der Waals surface area contributed by atoms with Crippen LogP contribution in [0, 0.1) is 11.8 Å². The van der Waals surface area contributed by atoms with Gasteiger partial charge in [0.15, 0.2) is 0 Å². The SMILES string of the molecule is CCCCC[C@@H]1[C@@H]2Cc3c(n[nH]c3C(=O)OCC)[C@H]12. The van der Waals surface area contributed by atoms with Crippen molar-refractivity contribution in [1.29, 1.82) is 0 Å². The van der Waals surface area contributed by atoms with Crippen molar-refractivity contribution in [3.8, 4) is 0 Å². The second-order valence-corrected chi connectivity index (χ2v) is 5.74. The number of unbranched alkanes of at least 4 members (excludes halogenated alkanes) is 2. The lowest BCUT2D eigenvalue weighted by Gasteiger charge is -2.04. The zero-order valence-corrected chi connectivity index (χ0v) is 11.7. The van der Waals surface area contributed by atoms with Gasteiger partial charge in [0, 0.05) is 11.5 Å². The minimum Gasteiger partial charge on any atom is -0.461 e. The summed E-state index contributed by atoms with van der Waals surface area (Å²) in [4.78, 5) is 11.8. The quantitative estimate of drug-likeness (QED) is 0.633. The summed E-state index contributed by atoms with van der Waals surface area (Å²) < 4.78 is 5.06. The lowest BCUT2D eigenvalue weighted by atomic mass is 10.0. The van der Waals surface area contributed by atoms with Gasteiger partial charge in [-0.3, -0.25) is 5.10 Å². The predicted octanol–water partition coefficient (Wildman–Crippen LogP) is 3.05. The number of nitrogens with zero attached hydrogens (tertiary/aromatic N) is 1. The minimum absolute atomic E-state index is 0.250. The van der Waals surface area contributed by atoms with Gasteiger partial charge in [-0.15, -0.1) is 0 Å². The number of H-pyrrole nitrogens is 1. The Morgan fingerprint density at radius 1 is 1.42 bits per heavy atom. The van der Waals surface area contributed by atoms with Crippen LogP contribution in [-0.4, -0.2) is 22.8 Å². The van der Waals surface area contributed by atoms with Crippen molar-refractivity contribution in [2.45, 2.75) is 51.9 Å². The molecule has 1 aromatic heterocycles. The highest BCUT2D eigenvalue weighted by Gasteiger charge is 2.57. The molecule has 1 saturated carbocycles. The molecule has 0 radical (unpaired) electrons. The van der Waals surface area contributed by atoms with E-state index in [2.05, 4.69) is 17.1 Å². The van der Waals surface area contributed by atoms with E-state index in [9.17, 15) is 4.79 Å². The predicted molar refractivity (Wildman–Crippen MR) is 72.1 cm³/mol. The largest absolute Gasteiger partial charge is 0.461 e. The Hall–Kier alpha value is -1.32. The highest BCUT2D eigenvalue weighted by Crippen LogP contribution is 2.63. The van der Waals surface area contributed by atoms with Gasteiger partial charge in [-0.1, -0.05) is 26.2 Å². The van der Waals surface area contributed by atoms with Crippen molar-refractivity contribution in [2.24, 2.45) is 11.8 Å². The molecule has 0 aliphatic heterocycles. The maximum absolute atomic E-state index is 11.8. The van der Waals surface area contributed by atoms with Gasteiger partial charge in [0.05, 0.1) is 12.3 Å². The van der Waals surface area contributed by atoms with Crippen LogP contribution in [0.4, 0.5) is 0 Å². The van der Waals surface area contributed by atoms with Crippen LogP contribution < -0.4 is 0 Å². The Kier molecular flexibility index (Phi) is 3.33. The molecule has 2 aliphatic rings. The van der Waals surface area contributed by atoms with Crippen molar-refractivity contribution >= 4 is 5.97 Å². The van der Waals surface area contributed by atoms with Crippen LogP contribution in [0.5, 0.6) is 0 Å². The van der Waals surface area contributed by atoms with E-state index < -0.39 is 0 Å². The molecule has 0 aromatic carbocycles. The van der Waals surface area contributed by atoms with E-state index in [0.717, 1.165) is 29.5 Å². The molecule has 0 bridgehead atoms. The number of fused-ring (bicyclic) bond motifs is 3. The molecular formula is C15H22N2O2. The second kappa shape index (κ2) is 4.99. The Balaban J connectivity index is 1.65. The number of hydrogen-bond donors (Lipinski definition) is 1. The third-order valence-electron chi connectivity index (χ3n) is 4.61. The molecule has 19 heavy (non-hydrogen) atoms. The van der Waals surface area contributed by atoms with Gasteiger partial charge in [0.2, 0.25) is 0 Å². The fourth-order valence-corrected chi connectivity index (χ4v) is 3.62. The fraction of sp³-hybridized carbons (Fsp3) is 0.733. The molecule has 0 spiro atoms. The molecule has 1 aromatic rings. The van der Waals surface area contributed by atoms with Gasteiger partial charge in [0.25, 0.3) is 0 Å². The molecule has 0 saturated heterocycles. The number of ether oxygens (including phenoxy) is 1. The first-order valence-corrected chi connectivity index (χ1v) is 7.52. The van der Waals surface area contributed by atoms with Gasteiger partial charge in [0.1, 0.15) is 5.69 Å². The van der Waals surface area contributed by atoms with Crippen LogP contribution in [0.25, 0.3) is 0 Å². The lowest BCUT2D eigenvalue weighted by Crippen LogP contribution is -2.08.